The number of hydrogen-bond acceptors (Lipinski definition) is 6. The number of amides is 2. The van der Waals surface area contributed by atoms with Gasteiger partial charge in [-0.15, -0.1) is 0 Å². The van der Waals surface area contributed by atoms with Crippen LogP contribution in [0.5, 0.6) is 0 Å². The Hall–Kier alpha value is -2.88. The SMILES string of the molecule is C[C@H]1c2c(Cl)cc(Cl)cc2CCN1C(=O)[C@H]1CN(c2cncc3nc(C(N)=O)cn23)CCO1. The first-order chi connectivity index (χ1) is 15.8. The van der Waals surface area contributed by atoms with Gasteiger partial charge < -0.3 is 20.3 Å². The van der Waals surface area contributed by atoms with Gasteiger partial charge in [-0.05, 0) is 36.6 Å². The summed E-state index contributed by atoms with van der Waals surface area (Å²) in [6, 6.07) is 3.44. The summed E-state index contributed by atoms with van der Waals surface area (Å²) in [5.74, 6) is 0.00905. The van der Waals surface area contributed by atoms with Crippen LogP contribution in [0.25, 0.3) is 5.65 Å². The molecule has 0 bridgehead atoms. The third-order valence-corrected chi connectivity index (χ3v) is 6.78. The van der Waals surface area contributed by atoms with Gasteiger partial charge >= 0.3 is 0 Å². The van der Waals surface area contributed by atoms with Crippen molar-refractivity contribution in [3.05, 3.63) is 57.6 Å². The lowest BCUT2D eigenvalue weighted by atomic mass is 9.93. The summed E-state index contributed by atoms with van der Waals surface area (Å²) in [5.41, 5.74) is 8.04. The Bertz CT molecular complexity index is 1260. The smallest absolute Gasteiger partial charge is 0.268 e. The standard InChI is InChI=1S/C22H22Cl2N6O3/c1-12-20-13(6-14(23)7-15(20)24)2-3-29(12)22(32)17-11-28(4-5-33-17)19-9-26-8-18-27-16(21(25)31)10-30(18)19/h6-10,12,17H,2-5,11H2,1H3,(H2,25,31)/t12-,17+/m0/s1. The lowest BCUT2D eigenvalue weighted by molar-refractivity contribution is -0.147. The highest BCUT2D eigenvalue weighted by atomic mass is 35.5. The second-order valence-electron chi connectivity index (χ2n) is 8.21. The van der Waals surface area contributed by atoms with Gasteiger partial charge in [0.15, 0.2) is 11.8 Å². The molecular formula is C22H22Cl2N6O3. The van der Waals surface area contributed by atoms with E-state index in [-0.39, 0.29) is 17.6 Å². The van der Waals surface area contributed by atoms with E-state index >= 15 is 0 Å². The van der Waals surface area contributed by atoms with Crippen molar-refractivity contribution in [1.29, 1.82) is 0 Å². The van der Waals surface area contributed by atoms with Gasteiger partial charge in [-0.3, -0.25) is 19.0 Å². The summed E-state index contributed by atoms with van der Waals surface area (Å²) in [6.45, 7) is 3.81. The van der Waals surface area contributed by atoms with Gasteiger partial charge in [0.1, 0.15) is 11.5 Å². The molecule has 0 radical (unpaired) electrons. The zero-order valence-electron chi connectivity index (χ0n) is 17.9. The molecule has 11 heteroatoms. The normalized spacial score (nSPS) is 20.7. The van der Waals surface area contributed by atoms with Crippen LogP contribution in [0.4, 0.5) is 5.82 Å². The average molecular weight is 489 g/mol. The number of carbonyl (C=O) groups is 2. The molecule has 4 heterocycles. The molecule has 1 saturated heterocycles. The Kier molecular flexibility index (Phi) is 5.64. The molecule has 0 saturated carbocycles. The number of morpholine rings is 1. The number of rotatable bonds is 3. The van der Waals surface area contributed by atoms with Crippen LogP contribution < -0.4 is 10.6 Å². The van der Waals surface area contributed by atoms with Crippen molar-refractivity contribution in [2.75, 3.05) is 31.1 Å². The first kappa shape index (κ1) is 21.9. The first-order valence-corrected chi connectivity index (χ1v) is 11.4. The second-order valence-corrected chi connectivity index (χ2v) is 9.05. The summed E-state index contributed by atoms with van der Waals surface area (Å²) in [5, 5.41) is 1.16. The van der Waals surface area contributed by atoms with Gasteiger partial charge in [0.05, 0.1) is 31.6 Å². The summed E-state index contributed by atoms with van der Waals surface area (Å²) >= 11 is 12.6. The maximum atomic E-state index is 13.5. The highest BCUT2D eigenvalue weighted by Crippen LogP contribution is 2.37. The highest BCUT2D eigenvalue weighted by molar-refractivity contribution is 6.35. The lowest BCUT2D eigenvalue weighted by Gasteiger charge is -2.40. The molecule has 0 spiro atoms. The molecule has 1 aromatic carbocycles. The van der Waals surface area contributed by atoms with E-state index in [1.54, 1.807) is 29.1 Å². The summed E-state index contributed by atoms with van der Waals surface area (Å²) in [4.78, 5) is 37.3. The van der Waals surface area contributed by atoms with Crippen molar-refractivity contribution in [2.24, 2.45) is 5.73 Å². The molecule has 0 unspecified atom stereocenters. The molecule has 9 nitrogen and oxygen atoms in total. The highest BCUT2D eigenvalue weighted by Gasteiger charge is 2.36. The van der Waals surface area contributed by atoms with Crippen LogP contribution >= 0.6 is 23.2 Å². The van der Waals surface area contributed by atoms with E-state index in [9.17, 15) is 9.59 Å². The van der Waals surface area contributed by atoms with Gasteiger partial charge in [0, 0.05) is 29.3 Å². The number of nitrogens with two attached hydrogens (primary N) is 1. The number of fused-ring (bicyclic) bond motifs is 2. The number of nitrogens with zero attached hydrogens (tertiary/aromatic N) is 5. The van der Waals surface area contributed by atoms with Crippen LogP contribution in [0, 0.1) is 0 Å². The van der Waals surface area contributed by atoms with Crippen molar-refractivity contribution < 1.29 is 14.3 Å². The molecule has 5 rings (SSSR count). The molecule has 1 fully saturated rings. The largest absolute Gasteiger partial charge is 0.365 e. The quantitative estimate of drug-likeness (QED) is 0.606. The minimum Gasteiger partial charge on any atom is -0.365 e. The third-order valence-electron chi connectivity index (χ3n) is 6.25. The van der Waals surface area contributed by atoms with Crippen LogP contribution in [-0.4, -0.2) is 63.4 Å². The first-order valence-electron chi connectivity index (χ1n) is 10.6. The van der Waals surface area contributed by atoms with Crippen molar-refractivity contribution in [3.8, 4) is 0 Å². The molecule has 2 aliphatic heterocycles. The van der Waals surface area contributed by atoms with Crippen LogP contribution in [-0.2, 0) is 16.0 Å². The molecule has 2 aliphatic rings. The number of imidazole rings is 1. The summed E-state index contributed by atoms with van der Waals surface area (Å²) in [6.07, 6.45) is 4.84. The average Bonchev–Trinajstić information content (AvgIpc) is 3.23. The number of carbonyl (C=O) groups excluding carboxylic acids is 2. The zero-order chi connectivity index (χ0) is 23.3. The molecule has 172 valence electrons. The van der Waals surface area contributed by atoms with Crippen molar-refractivity contribution in [3.63, 3.8) is 0 Å². The molecule has 2 aromatic heterocycles. The van der Waals surface area contributed by atoms with Crippen molar-refractivity contribution in [1.82, 2.24) is 19.3 Å². The molecule has 2 amide bonds. The van der Waals surface area contributed by atoms with E-state index < -0.39 is 12.0 Å². The fourth-order valence-electron chi connectivity index (χ4n) is 4.65. The molecule has 3 aromatic rings. The lowest BCUT2D eigenvalue weighted by Crippen LogP contribution is -2.53. The van der Waals surface area contributed by atoms with Gasteiger partial charge in [0.25, 0.3) is 11.8 Å². The van der Waals surface area contributed by atoms with Crippen molar-refractivity contribution >= 4 is 46.5 Å². The van der Waals surface area contributed by atoms with Crippen LogP contribution in [0.1, 0.15) is 34.6 Å². The maximum absolute atomic E-state index is 13.5. The van der Waals surface area contributed by atoms with E-state index in [0.29, 0.717) is 54.2 Å². The molecule has 2 N–H and O–H groups in total. The van der Waals surface area contributed by atoms with Crippen LogP contribution in [0.15, 0.2) is 30.7 Å². The Morgan fingerprint density at radius 2 is 2.03 bits per heavy atom. The molecular weight excluding hydrogens is 467 g/mol. The van der Waals surface area contributed by atoms with E-state index in [1.165, 1.54) is 0 Å². The van der Waals surface area contributed by atoms with Crippen LogP contribution in [0.3, 0.4) is 0 Å². The van der Waals surface area contributed by atoms with E-state index in [2.05, 4.69) is 9.97 Å². The predicted octanol–water partition coefficient (Wildman–Crippen LogP) is 2.49. The predicted molar refractivity (Wildman–Crippen MR) is 124 cm³/mol. The van der Waals surface area contributed by atoms with Gasteiger partial charge in [0.2, 0.25) is 0 Å². The second kappa shape index (κ2) is 8.48. The maximum Gasteiger partial charge on any atom is 0.268 e. The number of benzene rings is 1. The van der Waals surface area contributed by atoms with E-state index in [0.717, 1.165) is 11.1 Å². The molecule has 0 aliphatic carbocycles. The Balaban J connectivity index is 1.39. The van der Waals surface area contributed by atoms with Gasteiger partial charge in [-0.2, -0.15) is 0 Å². The number of hydrogen-bond donors (Lipinski definition) is 1. The minimum absolute atomic E-state index is 0.0903. The zero-order valence-corrected chi connectivity index (χ0v) is 19.4. The number of halogens is 2. The van der Waals surface area contributed by atoms with Crippen molar-refractivity contribution in [2.45, 2.75) is 25.5 Å². The Morgan fingerprint density at radius 3 is 2.82 bits per heavy atom. The fraction of sp³-hybridized carbons (Fsp3) is 0.364. The van der Waals surface area contributed by atoms with E-state index in [1.807, 2.05) is 22.8 Å². The number of ether oxygens (including phenoxy) is 1. The Labute approximate surface area is 200 Å². The third kappa shape index (κ3) is 3.90. The minimum atomic E-state index is -0.650. The molecule has 33 heavy (non-hydrogen) atoms. The number of aromatic nitrogens is 3. The van der Waals surface area contributed by atoms with Gasteiger partial charge in [-0.1, -0.05) is 23.2 Å². The monoisotopic (exact) mass is 488 g/mol. The van der Waals surface area contributed by atoms with E-state index in [4.69, 9.17) is 33.7 Å². The Morgan fingerprint density at radius 1 is 1.21 bits per heavy atom. The number of anilines is 1. The van der Waals surface area contributed by atoms with Gasteiger partial charge in [-0.25, -0.2) is 4.98 Å². The molecule has 2 atom stereocenters. The summed E-state index contributed by atoms with van der Waals surface area (Å²) < 4.78 is 7.63. The van der Waals surface area contributed by atoms with Crippen LogP contribution in [0.2, 0.25) is 10.0 Å². The topological polar surface area (TPSA) is 106 Å². The number of primary amides is 1. The fourth-order valence-corrected chi connectivity index (χ4v) is 5.34. The summed E-state index contributed by atoms with van der Waals surface area (Å²) in [7, 11) is 0.